The zero-order valence-corrected chi connectivity index (χ0v) is 20.6. The van der Waals surface area contributed by atoms with Crippen LogP contribution >= 0.6 is 23.1 Å². The van der Waals surface area contributed by atoms with Gasteiger partial charge < -0.3 is 9.72 Å². The van der Waals surface area contributed by atoms with Gasteiger partial charge in [0.25, 0.3) is 11.1 Å². The number of benzene rings is 1. The lowest BCUT2D eigenvalue weighted by Crippen LogP contribution is -2.25. The number of aromatic amines is 1. The monoisotopic (exact) mass is 484 g/mol. The van der Waals surface area contributed by atoms with Crippen LogP contribution in [-0.2, 0) is 17.0 Å². The van der Waals surface area contributed by atoms with Crippen molar-refractivity contribution in [1.82, 2.24) is 19.5 Å². The summed E-state index contributed by atoms with van der Waals surface area (Å²) in [7, 11) is 1.31. The quantitative estimate of drug-likeness (QED) is 0.250. The van der Waals surface area contributed by atoms with Gasteiger partial charge in [-0.25, -0.2) is 14.8 Å². The number of methoxy groups -OCH3 is 1. The fraction of sp³-hybridized carbons (Fsp3) is 0.348. The molecule has 0 spiro atoms. The van der Waals surface area contributed by atoms with Gasteiger partial charge in [-0.3, -0.25) is 14.2 Å². The van der Waals surface area contributed by atoms with Gasteiger partial charge in [-0.2, -0.15) is 0 Å². The lowest BCUT2D eigenvalue weighted by Gasteiger charge is -2.15. The Labute approximate surface area is 198 Å². The zero-order valence-electron chi connectivity index (χ0n) is 19.0. The summed E-state index contributed by atoms with van der Waals surface area (Å²) in [6.45, 7) is 8.45. The van der Waals surface area contributed by atoms with Crippen LogP contribution in [0.4, 0.5) is 0 Å². The molecular weight excluding hydrogens is 460 g/mol. The lowest BCUT2D eigenvalue weighted by atomic mass is 10.1. The molecule has 0 fully saturated rings. The molecule has 0 aliphatic heterocycles. The molecule has 4 rings (SSSR count). The van der Waals surface area contributed by atoms with E-state index in [0.29, 0.717) is 50.0 Å². The van der Waals surface area contributed by atoms with Gasteiger partial charge in [0.05, 0.1) is 34.7 Å². The maximum absolute atomic E-state index is 13.2. The molecule has 0 saturated heterocycles. The second-order valence-electron chi connectivity index (χ2n) is 8.19. The predicted octanol–water partition coefficient (Wildman–Crippen LogP) is 4.05. The van der Waals surface area contributed by atoms with Crippen molar-refractivity contribution in [2.24, 2.45) is 5.92 Å². The van der Waals surface area contributed by atoms with Crippen LogP contribution in [0.3, 0.4) is 0 Å². The number of aryl methyl sites for hydroxylation is 2. The SMILES string of the molecule is COC(=O)c1ccc2c(=O)n(CC(C)C)c(SCc3nc4sc(C)c(C)c4c(=O)[nH]3)nc2c1. The Bertz CT molecular complexity index is 1500. The minimum atomic E-state index is -0.490. The largest absolute Gasteiger partial charge is 0.465 e. The number of hydrogen-bond acceptors (Lipinski definition) is 8. The molecule has 1 N–H and O–H groups in total. The Balaban J connectivity index is 1.76. The van der Waals surface area contributed by atoms with E-state index in [1.165, 1.54) is 30.2 Å². The minimum Gasteiger partial charge on any atom is -0.465 e. The number of nitrogens with zero attached hydrogens (tertiary/aromatic N) is 3. The van der Waals surface area contributed by atoms with E-state index in [2.05, 4.69) is 15.0 Å². The Kier molecular flexibility index (Phi) is 6.40. The summed E-state index contributed by atoms with van der Waals surface area (Å²) in [5.41, 5.74) is 1.37. The number of thiophene rings is 1. The third kappa shape index (κ3) is 4.45. The van der Waals surface area contributed by atoms with Crippen molar-refractivity contribution in [1.29, 1.82) is 0 Å². The van der Waals surface area contributed by atoms with Gasteiger partial charge in [-0.1, -0.05) is 25.6 Å². The molecular formula is C23H24N4O4S2. The van der Waals surface area contributed by atoms with Gasteiger partial charge in [0, 0.05) is 11.4 Å². The molecule has 0 amide bonds. The normalized spacial score (nSPS) is 11.6. The molecule has 8 nitrogen and oxygen atoms in total. The fourth-order valence-corrected chi connectivity index (χ4v) is 5.51. The Morgan fingerprint density at radius 1 is 1.24 bits per heavy atom. The molecule has 3 heterocycles. The predicted molar refractivity (Wildman–Crippen MR) is 131 cm³/mol. The molecule has 0 unspecified atom stereocenters. The van der Waals surface area contributed by atoms with Crippen molar-refractivity contribution in [3.8, 4) is 0 Å². The van der Waals surface area contributed by atoms with E-state index in [0.717, 1.165) is 10.4 Å². The molecule has 0 aliphatic carbocycles. The maximum atomic E-state index is 13.2. The van der Waals surface area contributed by atoms with E-state index < -0.39 is 5.97 Å². The topological polar surface area (TPSA) is 107 Å². The first-order valence-corrected chi connectivity index (χ1v) is 12.2. The van der Waals surface area contributed by atoms with Crippen molar-refractivity contribution in [2.45, 2.75) is 45.1 Å². The number of fused-ring (bicyclic) bond motifs is 2. The van der Waals surface area contributed by atoms with Crippen molar-refractivity contribution >= 4 is 50.2 Å². The summed E-state index contributed by atoms with van der Waals surface area (Å²) < 4.78 is 6.43. The number of aromatic nitrogens is 4. The summed E-state index contributed by atoms with van der Waals surface area (Å²) in [5, 5.41) is 1.57. The van der Waals surface area contributed by atoms with Crippen LogP contribution in [0.25, 0.3) is 21.1 Å². The van der Waals surface area contributed by atoms with Gasteiger partial charge in [0.1, 0.15) is 10.7 Å². The average molecular weight is 485 g/mol. The number of H-pyrrole nitrogens is 1. The molecule has 0 saturated carbocycles. The second kappa shape index (κ2) is 9.11. The van der Waals surface area contributed by atoms with Crippen LogP contribution in [0.5, 0.6) is 0 Å². The highest BCUT2D eigenvalue weighted by Gasteiger charge is 2.17. The summed E-state index contributed by atoms with van der Waals surface area (Å²) in [6.07, 6.45) is 0. The number of esters is 1. The number of carbonyl (C=O) groups is 1. The van der Waals surface area contributed by atoms with Crippen molar-refractivity contribution in [3.63, 3.8) is 0 Å². The molecule has 0 aliphatic rings. The van der Waals surface area contributed by atoms with Crippen LogP contribution < -0.4 is 11.1 Å². The van der Waals surface area contributed by atoms with E-state index >= 15 is 0 Å². The highest BCUT2D eigenvalue weighted by Crippen LogP contribution is 2.27. The molecule has 3 aromatic heterocycles. The first kappa shape index (κ1) is 23.2. The Morgan fingerprint density at radius 2 is 2.00 bits per heavy atom. The van der Waals surface area contributed by atoms with E-state index in [1.54, 1.807) is 22.8 Å². The van der Waals surface area contributed by atoms with Gasteiger partial charge in [0.2, 0.25) is 0 Å². The smallest absolute Gasteiger partial charge is 0.337 e. The molecule has 33 heavy (non-hydrogen) atoms. The average Bonchev–Trinajstić information content (AvgIpc) is 3.07. The van der Waals surface area contributed by atoms with Gasteiger partial charge in [-0.05, 0) is 43.5 Å². The first-order chi connectivity index (χ1) is 15.7. The van der Waals surface area contributed by atoms with Crippen LogP contribution in [0, 0.1) is 19.8 Å². The van der Waals surface area contributed by atoms with Crippen molar-refractivity contribution in [2.75, 3.05) is 7.11 Å². The van der Waals surface area contributed by atoms with E-state index in [9.17, 15) is 14.4 Å². The lowest BCUT2D eigenvalue weighted by molar-refractivity contribution is 0.0601. The maximum Gasteiger partial charge on any atom is 0.337 e. The summed E-state index contributed by atoms with van der Waals surface area (Å²) in [4.78, 5) is 51.7. The molecule has 10 heteroatoms. The van der Waals surface area contributed by atoms with Gasteiger partial charge >= 0.3 is 5.97 Å². The number of thioether (sulfide) groups is 1. The highest BCUT2D eigenvalue weighted by atomic mass is 32.2. The molecule has 0 atom stereocenters. The standard InChI is InChI=1S/C23H24N4O4S2/c1-11(2)9-27-21(29)15-7-6-14(22(30)31-5)8-16(15)24-23(27)32-10-17-25-19(28)18-12(3)13(4)33-20(18)26-17/h6-8,11H,9-10H2,1-5H3,(H,25,26,28). The van der Waals surface area contributed by atoms with E-state index in [1.807, 2.05) is 27.7 Å². The van der Waals surface area contributed by atoms with E-state index in [-0.39, 0.29) is 17.0 Å². The zero-order chi connectivity index (χ0) is 23.9. The van der Waals surface area contributed by atoms with E-state index in [4.69, 9.17) is 4.74 Å². The molecule has 0 radical (unpaired) electrons. The minimum absolute atomic E-state index is 0.161. The second-order valence-corrected chi connectivity index (χ2v) is 10.3. The van der Waals surface area contributed by atoms with Crippen LogP contribution in [0.2, 0.25) is 0 Å². The summed E-state index contributed by atoms with van der Waals surface area (Å²) in [6, 6.07) is 4.74. The summed E-state index contributed by atoms with van der Waals surface area (Å²) >= 11 is 2.82. The Morgan fingerprint density at radius 3 is 2.70 bits per heavy atom. The summed E-state index contributed by atoms with van der Waals surface area (Å²) in [5.74, 6) is 0.596. The number of rotatable bonds is 6. The number of ether oxygens (including phenoxy) is 1. The number of nitrogens with one attached hydrogen (secondary N) is 1. The molecule has 172 valence electrons. The third-order valence-electron chi connectivity index (χ3n) is 5.32. The third-order valence-corrected chi connectivity index (χ3v) is 7.40. The highest BCUT2D eigenvalue weighted by molar-refractivity contribution is 7.98. The van der Waals surface area contributed by atoms with Crippen molar-refractivity contribution in [3.05, 3.63) is 60.7 Å². The fourth-order valence-electron chi connectivity index (χ4n) is 3.58. The first-order valence-electron chi connectivity index (χ1n) is 10.4. The molecule has 4 aromatic rings. The van der Waals surface area contributed by atoms with Crippen LogP contribution in [-0.4, -0.2) is 32.6 Å². The number of hydrogen-bond donors (Lipinski definition) is 1. The Hall–Kier alpha value is -2.98. The molecule has 1 aromatic carbocycles. The van der Waals surface area contributed by atoms with Crippen molar-refractivity contribution < 1.29 is 9.53 Å². The van der Waals surface area contributed by atoms with Crippen LogP contribution in [0.15, 0.2) is 32.9 Å². The van der Waals surface area contributed by atoms with Gasteiger partial charge in [-0.15, -0.1) is 11.3 Å². The van der Waals surface area contributed by atoms with Gasteiger partial charge in [0.15, 0.2) is 5.16 Å². The molecule has 0 bridgehead atoms. The van der Waals surface area contributed by atoms with Crippen LogP contribution in [0.1, 0.15) is 40.5 Å². The number of carbonyl (C=O) groups excluding carboxylic acids is 1.